The van der Waals surface area contributed by atoms with Gasteiger partial charge < -0.3 is 10.6 Å². The van der Waals surface area contributed by atoms with Gasteiger partial charge in [0.25, 0.3) is 0 Å². The van der Waals surface area contributed by atoms with Gasteiger partial charge in [0.1, 0.15) is 0 Å². The number of halogens is 1. The van der Waals surface area contributed by atoms with E-state index in [2.05, 4.69) is 17.6 Å². The van der Waals surface area contributed by atoms with Crippen LogP contribution in [0.2, 0.25) is 0 Å². The van der Waals surface area contributed by atoms with E-state index in [4.69, 9.17) is 0 Å². The summed E-state index contributed by atoms with van der Waals surface area (Å²) in [6, 6.07) is 0. The molecule has 1 aliphatic carbocycles. The molecule has 3 atom stereocenters. The van der Waals surface area contributed by atoms with Crippen LogP contribution in [0.25, 0.3) is 0 Å². The van der Waals surface area contributed by atoms with Crippen molar-refractivity contribution in [3.8, 4) is 0 Å². The van der Waals surface area contributed by atoms with E-state index in [0.29, 0.717) is 0 Å². The van der Waals surface area contributed by atoms with Gasteiger partial charge >= 0.3 is 0 Å². The smallest absolute Gasteiger partial charge is 0.224 e. The zero-order valence-electron chi connectivity index (χ0n) is 12.1. The predicted octanol–water partition coefficient (Wildman–Crippen LogP) is 2.74. The Morgan fingerprint density at radius 3 is 2.79 bits per heavy atom. The van der Waals surface area contributed by atoms with Crippen molar-refractivity contribution in [3.63, 3.8) is 0 Å². The van der Waals surface area contributed by atoms with Crippen molar-refractivity contribution in [2.45, 2.75) is 51.9 Å². The number of piperidine rings is 1. The maximum atomic E-state index is 12.0. The molecule has 1 heterocycles. The molecule has 2 aliphatic rings. The molecule has 0 radical (unpaired) electrons. The van der Waals surface area contributed by atoms with E-state index in [1.165, 1.54) is 32.1 Å². The maximum absolute atomic E-state index is 12.0. The van der Waals surface area contributed by atoms with Crippen molar-refractivity contribution in [1.29, 1.82) is 0 Å². The van der Waals surface area contributed by atoms with Crippen LogP contribution in [0.15, 0.2) is 0 Å². The molecule has 2 N–H and O–H groups in total. The Bertz CT molecular complexity index is 267. The number of carbonyl (C=O) groups is 1. The molecule has 4 heteroatoms. The van der Waals surface area contributed by atoms with Crippen molar-refractivity contribution in [3.05, 3.63) is 0 Å². The van der Waals surface area contributed by atoms with Gasteiger partial charge in [0, 0.05) is 13.1 Å². The van der Waals surface area contributed by atoms with Crippen LogP contribution in [0.1, 0.15) is 51.9 Å². The Labute approximate surface area is 123 Å². The molecule has 2 unspecified atom stereocenters. The van der Waals surface area contributed by atoms with Crippen LogP contribution >= 0.6 is 12.4 Å². The van der Waals surface area contributed by atoms with Gasteiger partial charge in [0.2, 0.25) is 5.91 Å². The summed E-state index contributed by atoms with van der Waals surface area (Å²) in [5.74, 6) is 2.22. The van der Waals surface area contributed by atoms with E-state index in [1.807, 2.05) is 0 Å². The lowest BCUT2D eigenvalue weighted by molar-refractivity contribution is -0.125. The first-order valence-electron chi connectivity index (χ1n) is 7.74. The normalized spacial score (nSPS) is 31.3. The average Bonchev–Trinajstić information content (AvgIpc) is 2.40. The fourth-order valence-corrected chi connectivity index (χ4v) is 3.44. The van der Waals surface area contributed by atoms with E-state index >= 15 is 0 Å². The SMILES string of the molecule is CC1CCCC(CCNC(=O)[C@@H]2CCCNC2)C1.Cl. The summed E-state index contributed by atoms with van der Waals surface area (Å²) in [5, 5.41) is 6.44. The highest BCUT2D eigenvalue weighted by atomic mass is 35.5. The molecule has 0 spiro atoms. The van der Waals surface area contributed by atoms with E-state index in [1.54, 1.807) is 0 Å². The second-order valence-corrected chi connectivity index (χ2v) is 6.26. The minimum atomic E-state index is 0. The number of nitrogens with one attached hydrogen (secondary N) is 2. The summed E-state index contributed by atoms with van der Waals surface area (Å²) in [5.41, 5.74) is 0. The molecule has 112 valence electrons. The molecule has 1 aliphatic heterocycles. The van der Waals surface area contributed by atoms with Gasteiger partial charge in [-0.1, -0.05) is 26.2 Å². The molecule has 2 fully saturated rings. The first kappa shape index (κ1) is 16.8. The zero-order valence-corrected chi connectivity index (χ0v) is 12.9. The largest absolute Gasteiger partial charge is 0.356 e. The predicted molar refractivity (Wildman–Crippen MR) is 81.6 cm³/mol. The maximum Gasteiger partial charge on any atom is 0.224 e. The molecule has 2 rings (SSSR count). The van der Waals surface area contributed by atoms with Crippen LogP contribution in [-0.4, -0.2) is 25.5 Å². The van der Waals surface area contributed by atoms with Crippen molar-refractivity contribution in [2.24, 2.45) is 17.8 Å². The van der Waals surface area contributed by atoms with E-state index in [-0.39, 0.29) is 24.2 Å². The lowest BCUT2D eigenvalue weighted by Crippen LogP contribution is -2.41. The highest BCUT2D eigenvalue weighted by Gasteiger charge is 2.22. The fraction of sp³-hybridized carbons (Fsp3) is 0.933. The molecule has 1 saturated carbocycles. The highest BCUT2D eigenvalue weighted by molar-refractivity contribution is 5.85. The van der Waals surface area contributed by atoms with Crippen LogP contribution in [-0.2, 0) is 4.79 Å². The fourth-order valence-electron chi connectivity index (χ4n) is 3.44. The van der Waals surface area contributed by atoms with E-state index in [9.17, 15) is 4.79 Å². The minimum absolute atomic E-state index is 0. The zero-order chi connectivity index (χ0) is 12.8. The quantitative estimate of drug-likeness (QED) is 0.835. The molecule has 1 saturated heterocycles. The Hall–Kier alpha value is -0.280. The number of amides is 1. The Morgan fingerprint density at radius 2 is 2.11 bits per heavy atom. The van der Waals surface area contributed by atoms with E-state index < -0.39 is 0 Å². The molecular formula is C15H29ClN2O. The third kappa shape index (κ3) is 5.70. The second kappa shape index (κ2) is 8.80. The van der Waals surface area contributed by atoms with Crippen molar-refractivity contribution >= 4 is 18.3 Å². The van der Waals surface area contributed by atoms with Gasteiger partial charge in [-0.15, -0.1) is 12.4 Å². The summed E-state index contributed by atoms with van der Waals surface area (Å²) < 4.78 is 0. The third-order valence-electron chi connectivity index (χ3n) is 4.56. The van der Waals surface area contributed by atoms with Gasteiger partial charge in [-0.3, -0.25) is 4.79 Å². The van der Waals surface area contributed by atoms with Crippen molar-refractivity contribution in [1.82, 2.24) is 10.6 Å². The van der Waals surface area contributed by atoms with Crippen LogP contribution in [0.3, 0.4) is 0 Å². The van der Waals surface area contributed by atoms with Crippen molar-refractivity contribution < 1.29 is 4.79 Å². The number of hydrogen-bond acceptors (Lipinski definition) is 2. The first-order chi connectivity index (χ1) is 8.75. The molecule has 0 aromatic heterocycles. The lowest BCUT2D eigenvalue weighted by Gasteiger charge is -2.27. The summed E-state index contributed by atoms with van der Waals surface area (Å²) in [6.45, 7) is 5.18. The molecule has 0 aromatic carbocycles. The van der Waals surface area contributed by atoms with E-state index in [0.717, 1.165) is 44.3 Å². The summed E-state index contributed by atoms with van der Waals surface area (Å²) in [7, 11) is 0. The van der Waals surface area contributed by atoms with Crippen LogP contribution < -0.4 is 10.6 Å². The van der Waals surface area contributed by atoms with Crippen LogP contribution in [0.5, 0.6) is 0 Å². The first-order valence-corrected chi connectivity index (χ1v) is 7.74. The van der Waals surface area contributed by atoms with Gasteiger partial charge in [0.15, 0.2) is 0 Å². The standard InChI is InChI=1S/C15H28N2O.ClH/c1-12-4-2-5-13(10-12)7-9-17-15(18)14-6-3-8-16-11-14;/h12-14,16H,2-11H2,1H3,(H,17,18);1H/t12?,13?,14-;/m1./s1. The molecule has 0 bridgehead atoms. The Kier molecular flexibility index (Phi) is 7.77. The summed E-state index contributed by atoms with van der Waals surface area (Å²) in [6.07, 6.45) is 8.88. The molecular weight excluding hydrogens is 260 g/mol. The number of hydrogen-bond donors (Lipinski definition) is 2. The van der Waals surface area contributed by atoms with Gasteiger partial charge in [-0.05, 0) is 44.1 Å². The number of carbonyl (C=O) groups excluding carboxylic acids is 1. The van der Waals surface area contributed by atoms with Gasteiger partial charge in [-0.25, -0.2) is 0 Å². The summed E-state index contributed by atoms with van der Waals surface area (Å²) >= 11 is 0. The minimum Gasteiger partial charge on any atom is -0.356 e. The molecule has 0 aromatic rings. The molecule has 19 heavy (non-hydrogen) atoms. The summed E-state index contributed by atoms with van der Waals surface area (Å²) in [4.78, 5) is 12.0. The number of rotatable bonds is 4. The van der Waals surface area contributed by atoms with Gasteiger partial charge in [0.05, 0.1) is 5.92 Å². The van der Waals surface area contributed by atoms with Crippen LogP contribution in [0, 0.1) is 17.8 Å². The second-order valence-electron chi connectivity index (χ2n) is 6.26. The lowest BCUT2D eigenvalue weighted by atomic mass is 9.81. The molecule has 3 nitrogen and oxygen atoms in total. The van der Waals surface area contributed by atoms with Crippen molar-refractivity contribution in [2.75, 3.05) is 19.6 Å². The Morgan fingerprint density at radius 1 is 1.26 bits per heavy atom. The van der Waals surface area contributed by atoms with Gasteiger partial charge in [-0.2, -0.15) is 0 Å². The topological polar surface area (TPSA) is 41.1 Å². The Balaban J connectivity index is 0.00000180. The highest BCUT2D eigenvalue weighted by Crippen LogP contribution is 2.30. The molecule has 1 amide bonds. The van der Waals surface area contributed by atoms with Crippen LogP contribution in [0.4, 0.5) is 0 Å². The monoisotopic (exact) mass is 288 g/mol. The third-order valence-corrected chi connectivity index (χ3v) is 4.56. The average molecular weight is 289 g/mol.